The number of aromatic nitrogens is 2. The maximum absolute atomic E-state index is 17.8. The van der Waals surface area contributed by atoms with E-state index in [1.165, 1.54) is 34.6 Å². The van der Waals surface area contributed by atoms with E-state index in [1.54, 1.807) is 0 Å². The third-order valence-electron chi connectivity index (χ3n) is 10.4. The molecule has 9 heteroatoms. The molecular formula is C40H46F4N2Si2Ti. The fourth-order valence-corrected chi connectivity index (χ4v) is 20.3. The summed E-state index contributed by atoms with van der Waals surface area (Å²) in [6, 6.07) is 9.76. The number of hydrogen-bond donors (Lipinski definition) is 0. The van der Waals surface area contributed by atoms with Crippen LogP contribution in [0, 0.1) is 51.0 Å². The van der Waals surface area contributed by atoms with E-state index in [1.807, 2.05) is 73.3 Å². The number of benzene rings is 2. The molecule has 0 radical (unpaired) electrons. The summed E-state index contributed by atoms with van der Waals surface area (Å²) in [6.07, 6.45) is 12.0. The van der Waals surface area contributed by atoms with E-state index >= 15 is 17.6 Å². The second-order valence-electron chi connectivity index (χ2n) is 15.6. The normalized spacial score (nSPS) is 15.1. The van der Waals surface area contributed by atoms with Gasteiger partial charge in [-0.05, 0) is 0 Å². The molecule has 2 aromatic heterocycles. The first-order valence-electron chi connectivity index (χ1n) is 17.0. The summed E-state index contributed by atoms with van der Waals surface area (Å²) in [5.74, 6) is -3.03. The number of allylic oxidation sites excluding steroid dienone is 8. The Kier molecular flexibility index (Phi) is 9.13. The molecule has 0 spiro atoms. The zero-order chi connectivity index (χ0) is 35.8. The van der Waals surface area contributed by atoms with Crippen molar-refractivity contribution in [3.63, 3.8) is 0 Å². The van der Waals surface area contributed by atoms with Gasteiger partial charge in [0.25, 0.3) is 0 Å². The molecule has 2 aliphatic carbocycles. The van der Waals surface area contributed by atoms with E-state index in [4.69, 9.17) is 0 Å². The van der Waals surface area contributed by atoms with E-state index < -0.39 is 56.0 Å². The van der Waals surface area contributed by atoms with Crippen molar-refractivity contribution in [2.24, 2.45) is 0 Å². The Morgan fingerprint density at radius 2 is 0.939 bits per heavy atom. The van der Waals surface area contributed by atoms with Crippen LogP contribution in [-0.4, -0.2) is 25.3 Å². The van der Waals surface area contributed by atoms with Gasteiger partial charge in [-0.3, -0.25) is 0 Å². The van der Waals surface area contributed by atoms with Gasteiger partial charge in [0.2, 0.25) is 0 Å². The fraction of sp³-hybridized carbons (Fsp3) is 0.300. The quantitative estimate of drug-likeness (QED) is 0.127. The van der Waals surface area contributed by atoms with Crippen molar-refractivity contribution < 1.29 is 34.2 Å². The zero-order valence-electron chi connectivity index (χ0n) is 30.2. The van der Waals surface area contributed by atoms with Crippen LogP contribution in [0.2, 0.25) is 39.3 Å². The van der Waals surface area contributed by atoms with Gasteiger partial charge in [-0.25, -0.2) is 0 Å². The Morgan fingerprint density at radius 3 is 1.22 bits per heavy atom. The van der Waals surface area contributed by atoms with Crippen molar-refractivity contribution in [3.8, 4) is 11.4 Å². The van der Waals surface area contributed by atoms with E-state index in [9.17, 15) is 0 Å². The minimum absolute atomic E-state index is 0.178. The van der Waals surface area contributed by atoms with Crippen molar-refractivity contribution in [2.45, 2.75) is 79.8 Å². The van der Waals surface area contributed by atoms with Gasteiger partial charge >= 0.3 is 295 Å². The van der Waals surface area contributed by atoms with Gasteiger partial charge < -0.3 is 0 Å². The molecule has 0 amide bonds. The predicted molar refractivity (Wildman–Crippen MR) is 199 cm³/mol. The monoisotopic (exact) mass is 734 g/mol. The number of nitrogens with zero attached hydrogens (tertiary/aromatic N) is 2. The molecule has 0 N–H and O–H groups in total. The Balaban J connectivity index is 1.74. The second-order valence-corrected chi connectivity index (χ2v) is 31.6. The van der Waals surface area contributed by atoms with Crippen molar-refractivity contribution >= 4 is 34.3 Å². The zero-order valence-corrected chi connectivity index (χ0v) is 33.8. The molecule has 4 aromatic rings. The average molecular weight is 735 g/mol. The number of halogens is 4. The maximum atomic E-state index is 17.8. The van der Waals surface area contributed by atoms with Crippen LogP contribution in [0.15, 0.2) is 80.6 Å². The van der Waals surface area contributed by atoms with Crippen LogP contribution in [0.25, 0.3) is 11.4 Å². The molecule has 2 aliphatic rings. The fourth-order valence-electron chi connectivity index (χ4n) is 8.33. The molecule has 0 saturated carbocycles. The van der Waals surface area contributed by atoms with Gasteiger partial charge in [0.15, 0.2) is 0 Å². The number of rotatable bonds is 8. The minimum atomic E-state index is -5.04. The Morgan fingerprint density at radius 1 is 0.571 bits per heavy atom. The molecule has 0 fully saturated rings. The summed E-state index contributed by atoms with van der Waals surface area (Å²) in [4.78, 5) is 0. The van der Waals surface area contributed by atoms with Crippen LogP contribution in [-0.2, 0) is 16.6 Å². The first-order chi connectivity index (χ1) is 22.9. The third-order valence-corrected chi connectivity index (χ3v) is 22.5. The summed E-state index contributed by atoms with van der Waals surface area (Å²) >= 11 is -5.04. The summed E-state index contributed by atoms with van der Waals surface area (Å²) in [5.41, 5.74) is 3.90. The molecule has 0 bridgehead atoms. The Bertz CT molecular complexity index is 1980. The average Bonchev–Trinajstić information content (AvgIpc) is 3.82. The molecule has 2 nitrogen and oxygen atoms in total. The summed E-state index contributed by atoms with van der Waals surface area (Å²) in [5, 5.41) is 2.38. The van der Waals surface area contributed by atoms with Gasteiger partial charge in [0.05, 0.1) is 0 Å². The second kappa shape index (κ2) is 12.6. The van der Waals surface area contributed by atoms with E-state index in [0.29, 0.717) is 20.6 Å². The van der Waals surface area contributed by atoms with Crippen LogP contribution in [0.4, 0.5) is 17.6 Å². The van der Waals surface area contributed by atoms with Gasteiger partial charge in [0, 0.05) is 0 Å². The molecule has 0 aliphatic heterocycles. The van der Waals surface area contributed by atoms with Crippen molar-refractivity contribution in [1.29, 1.82) is 0 Å². The molecule has 256 valence electrons. The topological polar surface area (TPSA) is 9.86 Å². The first kappa shape index (κ1) is 35.6. The van der Waals surface area contributed by atoms with Crippen molar-refractivity contribution in [2.75, 3.05) is 0 Å². The third kappa shape index (κ3) is 5.63. The van der Waals surface area contributed by atoms with Gasteiger partial charge in [-0.1, -0.05) is 0 Å². The standard InChI is InChI=1S/2C15H18F2NSi.2C5H5.Ti/c2*1-10-8-15(19(3,4)5)11(2)18(10)14-7-6-12(16)9-13(14)17;2*1-2-4-5-3-1;/h2*6-8H,1-5H3;2*1-3H,4H2;. The van der Waals surface area contributed by atoms with Gasteiger partial charge in [-0.2, -0.15) is 0 Å². The Labute approximate surface area is 293 Å². The first-order valence-corrected chi connectivity index (χ1v) is 27.1. The van der Waals surface area contributed by atoms with Crippen LogP contribution in [0.1, 0.15) is 35.6 Å². The van der Waals surface area contributed by atoms with Crippen molar-refractivity contribution in [1.82, 2.24) is 9.13 Å². The van der Waals surface area contributed by atoms with Crippen LogP contribution in [0.3, 0.4) is 0 Å². The summed E-state index contributed by atoms with van der Waals surface area (Å²) in [7, 11) is -3.61. The number of hydrogen-bond acceptors (Lipinski definition) is 0. The molecule has 0 unspecified atom stereocenters. The molecular weight excluding hydrogens is 688 g/mol. The molecule has 2 heterocycles. The molecule has 0 atom stereocenters. The van der Waals surface area contributed by atoms with E-state index in [0.717, 1.165) is 22.8 Å². The van der Waals surface area contributed by atoms with Crippen LogP contribution in [0.5, 0.6) is 0 Å². The van der Waals surface area contributed by atoms with Gasteiger partial charge in [-0.15, -0.1) is 0 Å². The van der Waals surface area contributed by atoms with E-state index in [2.05, 4.69) is 51.4 Å². The van der Waals surface area contributed by atoms with Crippen molar-refractivity contribution in [3.05, 3.63) is 127 Å². The van der Waals surface area contributed by atoms with Gasteiger partial charge in [0.1, 0.15) is 0 Å². The summed E-state index contributed by atoms with van der Waals surface area (Å²) in [6.45, 7) is 21.3. The molecule has 2 aromatic carbocycles. The Hall–Kier alpha value is -3.17. The number of aryl methyl sites for hydroxylation is 2. The van der Waals surface area contributed by atoms with Crippen LogP contribution < -0.4 is 18.1 Å². The molecule has 49 heavy (non-hydrogen) atoms. The predicted octanol–water partition coefficient (Wildman–Crippen LogP) is 8.94. The van der Waals surface area contributed by atoms with E-state index in [-0.39, 0.29) is 19.1 Å². The summed E-state index contributed by atoms with van der Waals surface area (Å²) < 4.78 is 74.0. The SMILES string of the molecule is Cc1cc([Si](C)(C)C)c(C)n1-c1ccc(F)[c]([Ti]([C]2=CC=CC2)([C]2=CC=CC2)[c]2c(F)ccc(-n3c(C)cc([Si](C)(C)C)c3C)c2F)c1F. The molecule has 6 rings (SSSR count). The van der Waals surface area contributed by atoms with Crippen LogP contribution >= 0.6 is 0 Å². The molecule has 0 saturated heterocycles.